The van der Waals surface area contributed by atoms with E-state index in [0.29, 0.717) is 22.2 Å². The normalized spacial score (nSPS) is 11.0. The molecule has 0 saturated carbocycles. The molecule has 2 rings (SSSR count). The number of benzene rings is 2. The molecule has 0 radical (unpaired) electrons. The molecule has 0 aliphatic carbocycles. The highest BCUT2D eigenvalue weighted by Crippen LogP contribution is 2.37. The Hall–Kier alpha value is -2.19. The van der Waals surface area contributed by atoms with Gasteiger partial charge in [0.05, 0.1) is 30.5 Å². The van der Waals surface area contributed by atoms with E-state index in [1.54, 1.807) is 12.1 Å². The number of thiocarbonyl (C=S) groups is 1. The van der Waals surface area contributed by atoms with Crippen LogP contribution in [0, 0.1) is 6.92 Å². The number of alkyl halides is 3. The van der Waals surface area contributed by atoms with E-state index in [0.717, 1.165) is 6.07 Å². The minimum absolute atomic E-state index is 0.0461. The van der Waals surface area contributed by atoms with Crippen LogP contribution in [0.3, 0.4) is 0 Å². The van der Waals surface area contributed by atoms with Crippen LogP contribution in [-0.2, 0) is 6.18 Å². The smallest absolute Gasteiger partial charge is 0.416 e. The van der Waals surface area contributed by atoms with Crippen LogP contribution in [0.4, 0.5) is 24.5 Å². The van der Waals surface area contributed by atoms with Gasteiger partial charge < -0.3 is 20.1 Å². The summed E-state index contributed by atoms with van der Waals surface area (Å²) in [6, 6.07) is 6.96. The molecule has 0 aliphatic heterocycles. The molecule has 4 nitrogen and oxygen atoms in total. The van der Waals surface area contributed by atoms with Gasteiger partial charge in [0.2, 0.25) is 0 Å². The first kappa shape index (κ1) is 20.1. The van der Waals surface area contributed by atoms with Crippen molar-refractivity contribution < 1.29 is 22.6 Å². The summed E-state index contributed by atoms with van der Waals surface area (Å²) in [7, 11) is 2.91. The average molecular weight is 405 g/mol. The number of nitrogens with one attached hydrogen (secondary N) is 2. The Kier molecular flexibility index (Phi) is 6.20. The van der Waals surface area contributed by atoms with Crippen molar-refractivity contribution in [2.24, 2.45) is 0 Å². The minimum Gasteiger partial charge on any atom is -0.495 e. The quantitative estimate of drug-likeness (QED) is 0.659. The van der Waals surface area contributed by atoms with Gasteiger partial charge in [0.1, 0.15) is 11.5 Å². The van der Waals surface area contributed by atoms with Crippen LogP contribution in [0.1, 0.15) is 11.1 Å². The molecule has 0 spiro atoms. The number of hydrogen-bond acceptors (Lipinski definition) is 3. The summed E-state index contributed by atoms with van der Waals surface area (Å²) in [6.07, 6.45) is -4.44. The third kappa shape index (κ3) is 4.50. The van der Waals surface area contributed by atoms with E-state index in [9.17, 15) is 13.2 Å². The second kappa shape index (κ2) is 8.01. The lowest BCUT2D eigenvalue weighted by Crippen LogP contribution is -2.21. The van der Waals surface area contributed by atoms with Crippen LogP contribution in [0.5, 0.6) is 11.5 Å². The Labute approximate surface area is 159 Å². The fourth-order valence-electron chi connectivity index (χ4n) is 2.31. The summed E-state index contributed by atoms with van der Waals surface area (Å²) in [5.41, 5.74) is 0.0222. The lowest BCUT2D eigenvalue weighted by atomic mass is 10.1. The molecule has 0 bridgehead atoms. The zero-order valence-corrected chi connectivity index (χ0v) is 15.7. The highest BCUT2D eigenvalue weighted by Gasteiger charge is 2.32. The Morgan fingerprint density at radius 2 is 1.65 bits per heavy atom. The van der Waals surface area contributed by atoms with E-state index in [1.165, 1.54) is 33.3 Å². The molecule has 0 fully saturated rings. The Bertz CT molecular complexity index is 828. The van der Waals surface area contributed by atoms with Crippen LogP contribution in [0.15, 0.2) is 30.3 Å². The number of rotatable bonds is 4. The Morgan fingerprint density at radius 3 is 2.23 bits per heavy atom. The van der Waals surface area contributed by atoms with E-state index in [-0.39, 0.29) is 16.4 Å². The van der Waals surface area contributed by atoms with Crippen LogP contribution in [0.25, 0.3) is 0 Å². The number of hydrogen-bond donors (Lipinski definition) is 2. The largest absolute Gasteiger partial charge is 0.495 e. The molecule has 0 aromatic heterocycles. The van der Waals surface area contributed by atoms with Gasteiger partial charge in [-0.2, -0.15) is 13.2 Å². The van der Waals surface area contributed by atoms with Crippen LogP contribution in [-0.4, -0.2) is 19.3 Å². The lowest BCUT2D eigenvalue weighted by Gasteiger charge is -2.18. The summed E-state index contributed by atoms with van der Waals surface area (Å²) < 4.78 is 49.4. The first-order chi connectivity index (χ1) is 12.2. The molecule has 2 N–H and O–H groups in total. The predicted molar refractivity (Wildman–Crippen MR) is 101 cm³/mol. The van der Waals surface area contributed by atoms with Gasteiger partial charge in [0.15, 0.2) is 5.11 Å². The topological polar surface area (TPSA) is 42.5 Å². The third-order valence-corrected chi connectivity index (χ3v) is 4.11. The molecule has 0 atom stereocenters. The summed E-state index contributed by atoms with van der Waals surface area (Å²) in [6.45, 7) is 1.37. The standard InChI is InChI=1S/C17H16ClF3N2O2S/c1-9-10(17(19,20)21)5-4-6-12(9)22-16(26)23-13-8-14(24-2)11(18)7-15(13)25-3/h4-8H,1-3H3,(H2,22,23,26). The van der Waals surface area contributed by atoms with Crippen molar-refractivity contribution in [3.63, 3.8) is 0 Å². The van der Waals surface area contributed by atoms with Gasteiger partial charge in [-0.05, 0) is 36.8 Å². The highest BCUT2D eigenvalue weighted by molar-refractivity contribution is 7.80. The van der Waals surface area contributed by atoms with Crippen molar-refractivity contribution in [2.75, 3.05) is 24.9 Å². The minimum atomic E-state index is -4.44. The van der Waals surface area contributed by atoms with Gasteiger partial charge in [0.25, 0.3) is 0 Å². The molecule has 2 aromatic rings. The molecular weight excluding hydrogens is 389 g/mol. The molecule has 0 saturated heterocycles. The van der Waals surface area contributed by atoms with E-state index >= 15 is 0 Å². The predicted octanol–water partition coefficient (Wildman–Crippen LogP) is 5.49. The maximum absolute atomic E-state index is 13.0. The van der Waals surface area contributed by atoms with Crippen molar-refractivity contribution >= 4 is 40.3 Å². The van der Waals surface area contributed by atoms with E-state index < -0.39 is 11.7 Å². The maximum atomic E-state index is 13.0. The van der Waals surface area contributed by atoms with E-state index in [2.05, 4.69) is 10.6 Å². The maximum Gasteiger partial charge on any atom is 0.416 e. The Morgan fingerprint density at radius 1 is 1.04 bits per heavy atom. The zero-order valence-electron chi connectivity index (χ0n) is 14.1. The highest BCUT2D eigenvalue weighted by atomic mass is 35.5. The molecule has 0 unspecified atom stereocenters. The van der Waals surface area contributed by atoms with Crippen molar-refractivity contribution in [2.45, 2.75) is 13.1 Å². The second-order valence-electron chi connectivity index (χ2n) is 5.24. The molecule has 0 aliphatic rings. The van der Waals surface area contributed by atoms with Crippen molar-refractivity contribution in [1.29, 1.82) is 0 Å². The van der Waals surface area contributed by atoms with Gasteiger partial charge in [-0.15, -0.1) is 0 Å². The number of ether oxygens (including phenoxy) is 2. The monoisotopic (exact) mass is 404 g/mol. The van der Waals surface area contributed by atoms with E-state index in [4.69, 9.17) is 33.3 Å². The number of halogens is 4. The summed E-state index contributed by atoms with van der Waals surface area (Å²) in [4.78, 5) is 0. The molecular formula is C17H16ClF3N2O2S. The third-order valence-electron chi connectivity index (χ3n) is 3.61. The van der Waals surface area contributed by atoms with Gasteiger partial charge in [0, 0.05) is 17.8 Å². The molecule has 2 aromatic carbocycles. The van der Waals surface area contributed by atoms with Gasteiger partial charge in [-0.3, -0.25) is 0 Å². The molecule has 9 heteroatoms. The van der Waals surface area contributed by atoms with Gasteiger partial charge >= 0.3 is 6.18 Å². The van der Waals surface area contributed by atoms with Gasteiger partial charge in [-0.1, -0.05) is 17.7 Å². The van der Waals surface area contributed by atoms with Crippen LogP contribution >= 0.6 is 23.8 Å². The van der Waals surface area contributed by atoms with Crippen LogP contribution < -0.4 is 20.1 Å². The fraction of sp³-hybridized carbons (Fsp3) is 0.235. The van der Waals surface area contributed by atoms with E-state index in [1.807, 2.05) is 0 Å². The number of methoxy groups -OCH3 is 2. The fourth-order valence-corrected chi connectivity index (χ4v) is 2.76. The first-order valence-electron chi connectivity index (χ1n) is 7.33. The Balaban J connectivity index is 2.25. The second-order valence-corrected chi connectivity index (χ2v) is 6.06. The zero-order chi connectivity index (χ0) is 19.5. The van der Waals surface area contributed by atoms with Crippen molar-refractivity contribution in [3.05, 3.63) is 46.5 Å². The molecule has 26 heavy (non-hydrogen) atoms. The first-order valence-corrected chi connectivity index (χ1v) is 8.12. The average Bonchev–Trinajstić information content (AvgIpc) is 2.56. The lowest BCUT2D eigenvalue weighted by molar-refractivity contribution is -0.138. The van der Waals surface area contributed by atoms with Crippen molar-refractivity contribution in [3.8, 4) is 11.5 Å². The SMILES string of the molecule is COc1cc(NC(=S)Nc2cccc(C(F)(F)F)c2C)c(OC)cc1Cl. The molecule has 0 heterocycles. The van der Waals surface area contributed by atoms with Crippen LogP contribution in [0.2, 0.25) is 5.02 Å². The summed E-state index contributed by atoms with van der Waals surface area (Å²) in [5.74, 6) is 0.800. The number of anilines is 2. The van der Waals surface area contributed by atoms with Crippen molar-refractivity contribution in [1.82, 2.24) is 0 Å². The van der Waals surface area contributed by atoms with Gasteiger partial charge in [-0.25, -0.2) is 0 Å². The summed E-state index contributed by atoms with van der Waals surface area (Å²) >= 11 is 11.2. The molecule has 140 valence electrons. The summed E-state index contributed by atoms with van der Waals surface area (Å²) in [5, 5.41) is 6.08. The molecule has 0 amide bonds.